The molecule has 1 aromatic carbocycles. The number of carbonyl (C=O) groups excluding carboxylic acids is 1. The van der Waals surface area contributed by atoms with Gasteiger partial charge in [0.2, 0.25) is 5.95 Å². The van der Waals surface area contributed by atoms with E-state index in [1.807, 2.05) is 12.3 Å². The van der Waals surface area contributed by atoms with Crippen LogP contribution in [0.3, 0.4) is 0 Å². The molecule has 3 aliphatic rings. The first-order valence-electron chi connectivity index (χ1n) is 14.9. The van der Waals surface area contributed by atoms with Crippen LogP contribution in [0.5, 0.6) is 0 Å². The first-order chi connectivity index (χ1) is 19.5. The van der Waals surface area contributed by atoms with Crippen LogP contribution in [-0.4, -0.2) is 115 Å². The van der Waals surface area contributed by atoms with Crippen molar-refractivity contribution in [2.75, 3.05) is 89.8 Å². The predicted octanol–water partition coefficient (Wildman–Crippen LogP) is 3.02. The van der Waals surface area contributed by atoms with Crippen LogP contribution in [0.4, 0.5) is 17.3 Å². The number of nitrogens with one attached hydrogen (secondary N) is 2. The second-order valence-electron chi connectivity index (χ2n) is 11.6. The van der Waals surface area contributed by atoms with Gasteiger partial charge in [0.1, 0.15) is 11.3 Å². The quantitative estimate of drug-likeness (QED) is 0.447. The Balaban J connectivity index is 1.09. The molecular formula is C30H43N9O. The van der Waals surface area contributed by atoms with E-state index in [1.54, 1.807) is 19.0 Å². The van der Waals surface area contributed by atoms with Crippen molar-refractivity contribution in [1.29, 1.82) is 0 Å². The van der Waals surface area contributed by atoms with Crippen LogP contribution in [0.2, 0.25) is 0 Å². The van der Waals surface area contributed by atoms with Gasteiger partial charge in [-0.25, -0.2) is 4.98 Å². The molecule has 0 spiro atoms. The number of aromatic nitrogens is 3. The maximum atomic E-state index is 13.0. The molecule has 0 unspecified atom stereocenters. The zero-order chi connectivity index (χ0) is 27.5. The third kappa shape index (κ3) is 5.94. The Morgan fingerprint density at radius 2 is 1.65 bits per heavy atom. The average Bonchev–Trinajstić information content (AvgIpc) is 3.65. The number of carbonyl (C=O) groups is 1. The number of anilines is 3. The summed E-state index contributed by atoms with van der Waals surface area (Å²) in [7, 11) is 3.60. The van der Waals surface area contributed by atoms with Gasteiger partial charge in [-0.2, -0.15) is 4.98 Å². The molecule has 6 rings (SSSR count). The summed E-state index contributed by atoms with van der Waals surface area (Å²) in [6, 6.07) is 10.8. The van der Waals surface area contributed by atoms with Gasteiger partial charge in [0, 0.05) is 109 Å². The topological polar surface area (TPSA) is 84.8 Å². The van der Waals surface area contributed by atoms with Crippen LogP contribution in [0.1, 0.15) is 42.2 Å². The fourth-order valence-electron chi connectivity index (χ4n) is 6.33. The van der Waals surface area contributed by atoms with E-state index in [9.17, 15) is 4.79 Å². The molecule has 3 fully saturated rings. The van der Waals surface area contributed by atoms with E-state index in [4.69, 9.17) is 4.98 Å². The molecule has 0 atom stereocenters. The van der Waals surface area contributed by atoms with Gasteiger partial charge in [-0.1, -0.05) is 12.8 Å². The average molecular weight is 546 g/mol. The van der Waals surface area contributed by atoms with Gasteiger partial charge < -0.3 is 25.0 Å². The monoisotopic (exact) mass is 545 g/mol. The Labute approximate surface area is 237 Å². The molecule has 40 heavy (non-hydrogen) atoms. The van der Waals surface area contributed by atoms with Gasteiger partial charge in [-0.3, -0.25) is 14.6 Å². The molecule has 2 N–H and O–H groups in total. The van der Waals surface area contributed by atoms with Crippen molar-refractivity contribution in [2.45, 2.75) is 31.7 Å². The summed E-state index contributed by atoms with van der Waals surface area (Å²) in [4.78, 5) is 31.7. The van der Waals surface area contributed by atoms with Crippen molar-refractivity contribution < 1.29 is 4.79 Å². The van der Waals surface area contributed by atoms with Crippen molar-refractivity contribution in [1.82, 2.24) is 34.6 Å². The summed E-state index contributed by atoms with van der Waals surface area (Å²) in [6.07, 6.45) is 6.37. The zero-order valence-corrected chi connectivity index (χ0v) is 24.0. The maximum absolute atomic E-state index is 13.0. The van der Waals surface area contributed by atoms with Crippen LogP contribution in [-0.2, 0) is 0 Å². The summed E-state index contributed by atoms with van der Waals surface area (Å²) in [5.74, 6) is 0.565. The first-order valence-corrected chi connectivity index (χ1v) is 14.9. The Hall–Kier alpha value is -3.21. The highest BCUT2D eigenvalue weighted by atomic mass is 16.2. The molecule has 10 heteroatoms. The van der Waals surface area contributed by atoms with Gasteiger partial charge in [0.15, 0.2) is 0 Å². The highest BCUT2D eigenvalue weighted by Gasteiger charge is 2.26. The summed E-state index contributed by atoms with van der Waals surface area (Å²) in [5, 5.41) is 7.74. The number of rotatable bonds is 8. The molecule has 1 amide bonds. The van der Waals surface area contributed by atoms with Crippen LogP contribution in [0.15, 0.2) is 36.5 Å². The number of nitrogens with zero attached hydrogens (tertiary/aromatic N) is 7. The minimum absolute atomic E-state index is 0.00961. The van der Waals surface area contributed by atoms with Crippen LogP contribution >= 0.6 is 0 Å². The summed E-state index contributed by atoms with van der Waals surface area (Å²) >= 11 is 0. The number of amides is 1. The van der Waals surface area contributed by atoms with Gasteiger partial charge >= 0.3 is 0 Å². The lowest BCUT2D eigenvalue weighted by Gasteiger charge is -2.37. The Morgan fingerprint density at radius 3 is 2.33 bits per heavy atom. The molecular weight excluding hydrogens is 502 g/mol. The van der Waals surface area contributed by atoms with Crippen molar-refractivity contribution in [3.8, 4) is 0 Å². The maximum Gasteiger partial charge on any atom is 0.270 e. The molecule has 10 nitrogen and oxygen atoms in total. The van der Waals surface area contributed by atoms with Gasteiger partial charge in [-0.15, -0.1) is 0 Å². The lowest BCUT2D eigenvalue weighted by molar-refractivity contribution is 0.0815. The Bertz CT molecular complexity index is 1280. The summed E-state index contributed by atoms with van der Waals surface area (Å²) in [5.41, 5.74) is 3.75. The number of hydrogen-bond donors (Lipinski definition) is 2. The van der Waals surface area contributed by atoms with Crippen LogP contribution in [0.25, 0.3) is 11.0 Å². The van der Waals surface area contributed by atoms with E-state index in [2.05, 4.69) is 59.1 Å². The highest BCUT2D eigenvalue weighted by Crippen LogP contribution is 2.35. The lowest BCUT2D eigenvalue weighted by atomic mass is 10.2. The smallest absolute Gasteiger partial charge is 0.270 e. The predicted molar refractivity (Wildman–Crippen MR) is 161 cm³/mol. The van der Waals surface area contributed by atoms with E-state index in [0.717, 1.165) is 75.4 Å². The largest absolute Gasteiger partial charge is 0.369 e. The van der Waals surface area contributed by atoms with Crippen molar-refractivity contribution in [2.24, 2.45) is 0 Å². The van der Waals surface area contributed by atoms with Gasteiger partial charge in [0.05, 0.1) is 0 Å². The number of benzene rings is 1. The molecule has 1 aliphatic carbocycles. The fraction of sp³-hybridized carbons (Fsp3) is 0.567. The molecule has 2 aromatic heterocycles. The standard InChI is InChI=1S/C30H43N9O/c1-35(2)29(40)27-21-23-22-32-30(34-28(23)39(27)26-5-3-4-6-26)33-24-7-9-25(10-8-24)38-19-17-37(18-20-38)16-15-36-13-11-31-12-14-36/h7-10,21-22,26,31H,3-6,11-20H2,1-2H3,(H,32,33,34). The van der Waals surface area contributed by atoms with Crippen molar-refractivity contribution in [3.63, 3.8) is 0 Å². The fourth-order valence-corrected chi connectivity index (χ4v) is 6.33. The molecule has 2 saturated heterocycles. The Kier molecular flexibility index (Phi) is 8.17. The number of piperazine rings is 2. The molecule has 0 bridgehead atoms. The van der Waals surface area contributed by atoms with E-state index in [0.29, 0.717) is 17.7 Å². The molecule has 2 aliphatic heterocycles. The molecule has 4 heterocycles. The molecule has 3 aromatic rings. The molecule has 0 radical (unpaired) electrons. The van der Waals surface area contributed by atoms with Crippen LogP contribution in [0, 0.1) is 0 Å². The highest BCUT2D eigenvalue weighted by molar-refractivity contribution is 5.97. The molecule has 214 valence electrons. The number of fused-ring (bicyclic) bond motifs is 1. The third-order valence-corrected chi connectivity index (χ3v) is 8.69. The molecule has 1 saturated carbocycles. The van der Waals surface area contributed by atoms with Crippen LogP contribution < -0.4 is 15.5 Å². The van der Waals surface area contributed by atoms with Gasteiger partial charge in [0.25, 0.3) is 5.91 Å². The summed E-state index contributed by atoms with van der Waals surface area (Å²) in [6.45, 7) is 11.2. The minimum Gasteiger partial charge on any atom is -0.369 e. The Morgan fingerprint density at radius 1 is 0.975 bits per heavy atom. The van der Waals surface area contributed by atoms with E-state index >= 15 is 0 Å². The van der Waals surface area contributed by atoms with E-state index in [-0.39, 0.29) is 5.91 Å². The first kappa shape index (κ1) is 27.0. The van der Waals surface area contributed by atoms with E-state index in [1.165, 1.54) is 38.2 Å². The van der Waals surface area contributed by atoms with E-state index < -0.39 is 0 Å². The second kappa shape index (κ2) is 12.1. The van der Waals surface area contributed by atoms with Crippen molar-refractivity contribution in [3.05, 3.63) is 42.2 Å². The second-order valence-corrected chi connectivity index (χ2v) is 11.6. The third-order valence-electron chi connectivity index (χ3n) is 8.69. The minimum atomic E-state index is 0.00961. The normalized spacial score (nSPS) is 19.4. The van der Waals surface area contributed by atoms with Gasteiger partial charge in [-0.05, 0) is 43.2 Å². The SMILES string of the molecule is CN(C)C(=O)c1cc2cnc(Nc3ccc(N4CCN(CCN5CCNCC5)CC4)cc3)nc2n1C1CCCC1. The number of hydrogen-bond acceptors (Lipinski definition) is 8. The zero-order valence-electron chi connectivity index (χ0n) is 24.0. The lowest BCUT2D eigenvalue weighted by Crippen LogP contribution is -2.50. The van der Waals surface area contributed by atoms with Crippen molar-refractivity contribution >= 4 is 34.3 Å². The summed E-state index contributed by atoms with van der Waals surface area (Å²) < 4.78 is 2.16.